The van der Waals surface area contributed by atoms with Gasteiger partial charge in [0.2, 0.25) is 0 Å². The Hall–Kier alpha value is -0.0400. The van der Waals surface area contributed by atoms with Gasteiger partial charge in [-0.25, -0.2) is 0 Å². The van der Waals surface area contributed by atoms with Crippen LogP contribution in [0, 0.1) is 11.8 Å². The van der Waals surface area contributed by atoms with Gasteiger partial charge in [-0.15, -0.1) is 0 Å². The van der Waals surface area contributed by atoms with Gasteiger partial charge in [-0.3, -0.25) is 0 Å². The van der Waals surface area contributed by atoms with Crippen LogP contribution in [0.3, 0.4) is 0 Å². The molecule has 0 bridgehead atoms. The molecule has 1 nitrogen and oxygen atoms in total. The monoisotopic (exact) mass is 181 g/mol. The van der Waals surface area contributed by atoms with E-state index in [1.165, 1.54) is 51.4 Å². The van der Waals surface area contributed by atoms with Crippen LogP contribution in [-0.2, 0) is 0 Å². The Morgan fingerprint density at radius 1 is 0.923 bits per heavy atom. The lowest BCUT2D eigenvalue weighted by molar-refractivity contribution is 0.224. The van der Waals surface area contributed by atoms with Gasteiger partial charge >= 0.3 is 0 Å². The minimum atomic E-state index is 0.150. The number of fused-ring (bicyclic) bond motifs is 1. The van der Waals surface area contributed by atoms with E-state index < -0.39 is 0 Å². The van der Waals surface area contributed by atoms with Crippen LogP contribution < -0.4 is 5.73 Å². The molecule has 0 aliphatic heterocycles. The van der Waals surface area contributed by atoms with Gasteiger partial charge in [0, 0.05) is 5.54 Å². The van der Waals surface area contributed by atoms with Crippen molar-refractivity contribution < 1.29 is 0 Å². The Balaban J connectivity index is 1.99. The topological polar surface area (TPSA) is 26.0 Å². The number of hydrogen-bond acceptors (Lipinski definition) is 1. The zero-order chi connectivity index (χ0) is 9.31. The maximum atomic E-state index is 6.23. The predicted octanol–water partition coefficient (Wildman–Crippen LogP) is 3.08. The van der Waals surface area contributed by atoms with Crippen LogP contribution in [0.2, 0.25) is 0 Å². The van der Waals surface area contributed by atoms with Crippen LogP contribution in [0.5, 0.6) is 0 Å². The van der Waals surface area contributed by atoms with E-state index in [4.69, 9.17) is 5.73 Å². The average Bonchev–Trinajstić information content (AvgIpc) is 2.27. The first-order chi connectivity index (χ1) is 6.17. The fourth-order valence-corrected chi connectivity index (χ4v) is 3.20. The normalized spacial score (nSPS) is 46.6. The van der Waals surface area contributed by atoms with Crippen LogP contribution in [0.15, 0.2) is 0 Å². The molecule has 2 atom stereocenters. The quantitative estimate of drug-likeness (QED) is 0.610. The molecule has 2 fully saturated rings. The molecule has 0 aromatic heterocycles. The minimum absolute atomic E-state index is 0.150. The van der Waals surface area contributed by atoms with Gasteiger partial charge < -0.3 is 5.73 Å². The summed E-state index contributed by atoms with van der Waals surface area (Å²) < 4.78 is 0. The van der Waals surface area contributed by atoms with E-state index in [1.807, 2.05) is 0 Å². The van der Waals surface area contributed by atoms with E-state index in [0.29, 0.717) is 0 Å². The van der Waals surface area contributed by atoms with E-state index in [2.05, 4.69) is 6.92 Å². The van der Waals surface area contributed by atoms with Crippen molar-refractivity contribution in [1.29, 1.82) is 0 Å². The van der Waals surface area contributed by atoms with E-state index in [1.54, 1.807) is 0 Å². The standard InChI is InChI=1S/C12H23N/c1-12(13)8-6-10-4-2-3-5-11(10)7-9-12/h10-11H,2-9,13H2,1H3. The number of hydrogen-bond donors (Lipinski definition) is 1. The average molecular weight is 181 g/mol. The fourth-order valence-electron chi connectivity index (χ4n) is 3.20. The van der Waals surface area contributed by atoms with Gasteiger partial charge in [-0.05, 0) is 44.4 Å². The second-order valence-electron chi connectivity index (χ2n) is 5.54. The summed E-state index contributed by atoms with van der Waals surface area (Å²) in [7, 11) is 0. The maximum Gasteiger partial charge on any atom is 0.0126 e. The second kappa shape index (κ2) is 3.61. The van der Waals surface area contributed by atoms with Crippen LogP contribution in [0.1, 0.15) is 58.3 Å². The van der Waals surface area contributed by atoms with Crippen molar-refractivity contribution in [2.75, 3.05) is 0 Å². The van der Waals surface area contributed by atoms with E-state index in [0.717, 1.165) is 11.8 Å². The van der Waals surface area contributed by atoms with Crippen LogP contribution >= 0.6 is 0 Å². The lowest BCUT2D eigenvalue weighted by Crippen LogP contribution is -2.35. The molecule has 13 heavy (non-hydrogen) atoms. The van der Waals surface area contributed by atoms with E-state index in [9.17, 15) is 0 Å². The molecule has 2 saturated carbocycles. The van der Waals surface area contributed by atoms with Crippen molar-refractivity contribution in [3.63, 3.8) is 0 Å². The summed E-state index contributed by atoms with van der Waals surface area (Å²) in [6.45, 7) is 2.24. The zero-order valence-electron chi connectivity index (χ0n) is 8.89. The van der Waals surface area contributed by atoms with E-state index >= 15 is 0 Å². The molecule has 0 aromatic rings. The molecule has 2 aliphatic rings. The molecular formula is C12H23N. The van der Waals surface area contributed by atoms with Crippen molar-refractivity contribution in [2.45, 2.75) is 63.8 Å². The van der Waals surface area contributed by atoms with Crippen molar-refractivity contribution in [1.82, 2.24) is 0 Å². The van der Waals surface area contributed by atoms with Crippen molar-refractivity contribution in [3.8, 4) is 0 Å². The first-order valence-corrected chi connectivity index (χ1v) is 5.96. The lowest BCUT2D eigenvalue weighted by atomic mass is 9.77. The van der Waals surface area contributed by atoms with E-state index in [-0.39, 0.29) is 5.54 Å². The molecule has 0 amide bonds. The Kier molecular flexibility index (Phi) is 2.64. The number of nitrogens with two attached hydrogens (primary N) is 1. The number of rotatable bonds is 0. The third-order valence-corrected chi connectivity index (χ3v) is 4.24. The molecule has 0 radical (unpaired) electrons. The Morgan fingerprint density at radius 3 is 1.85 bits per heavy atom. The SMILES string of the molecule is CC1(N)CCC2CCCCC2CC1. The van der Waals surface area contributed by atoms with Gasteiger partial charge in [-0.1, -0.05) is 25.7 Å². The summed E-state index contributed by atoms with van der Waals surface area (Å²) >= 11 is 0. The largest absolute Gasteiger partial charge is 0.325 e. The van der Waals surface area contributed by atoms with Gasteiger partial charge in [-0.2, -0.15) is 0 Å². The molecule has 2 rings (SSSR count). The lowest BCUT2D eigenvalue weighted by Gasteiger charge is -2.29. The van der Waals surface area contributed by atoms with Crippen LogP contribution in [0.4, 0.5) is 0 Å². The van der Waals surface area contributed by atoms with Crippen molar-refractivity contribution in [2.24, 2.45) is 17.6 Å². The van der Waals surface area contributed by atoms with Crippen molar-refractivity contribution >= 4 is 0 Å². The summed E-state index contributed by atoms with van der Waals surface area (Å²) in [5.74, 6) is 2.05. The maximum absolute atomic E-state index is 6.23. The first-order valence-electron chi connectivity index (χ1n) is 5.96. The third-order valence-electron chi connectivity index (χ3n) is 4.24. The summed E-state index contributed by atoms with van der Waals surface area (Å²) in [6, 6.07) is 0. The Labute approximate surface area is 82.1 Å². The third kappa shape index (κ3) is 2.25. The summed E-state index contributed by atoms with van der Waals surface area (Å²) in [5, 5.41) is 0. The highest BCUT2D eigenvalue weighted by Crippen LogP contribution is 2.41. The molecule has 2 unspecified atom stereocenters. The molecule has 76 valence electrons. The summed E-state index contributed by atoms with van der Waals surface area (Å²) in [6.07, 6.45) is 11.2. The Morgan fingerprint density at radius 2 is 1.38 bits per heavy atom. The molecule has 0 saturated heterocycles. The molecular weight excluding hydrogens is 158 g/mol. The fraction of sp³-hybridized carbons (Fsp3) is 1.00. The smallest absolute Gasteiger partial charge is 0.0126 e. The molecule has 1 heteroatoms. The van der Waals surface area contributed by atoms with Gasteiger partial charge in [0.1, 0.15) is 0 Å². The molecule has 2 aliphatic carbocycles. The highest BCUT2D eigenvalue weighted by molar-refractivity contribution is 4.88. The van der Waals surface area contributed by atoms with Crippen LogP contribution in [-0.4, -0.2) is 5.54 Å². The van der Waals surface area contributed by atoms with Crippen LogP contribution in [0.25, 0.3) is 0 Å². The van der Waals surface area contributed by atoms with Gasteiger partial charge in [0.15, 0.2) is 0 Å². The van der Waals surface area contributed by atoms with Gasteiger partial charge in [0.05, 0.1) is 0 Å². The molecule has 0 heterocycles. The highest BCUT2D eigenvalue weighted by Gasteiger charge is 2.32. The van der Waals surface area contributed by atoms with Gasteiger partial charge in [0.25, 0.3) is 0 Å². The first kappa shape index (κ1) is 9.51. The molecule has 0 aromatic carbocycles. The highest BCUT2D eigenvalue weighted by atomic mass is 14.7. The Bertz CT molecular complexity index is 156. The second-order valence-corrected chi connectivity index (χ2v) is 5.54. The minimum Gasteiger partial charge on any atom is -0.325 e. The molecule has 0 spiro atoms. The predicted molar refractivity (Wildman–Crippen MR) is 56.5 cm³/mol. The van der Waals surface area contributed by atoms with Crippen molar-refractivity contribution in [3.05, 3.63) is 0 Å². The molecule has 2 N–H and O–H groups in total. The zero-order valence-corrected chi connectivity index (χ0v) is 8.89. The summed E-state index contributed by atoms with van der Waals surface area (Å²) in [4.78, 5) is 0. The summed E-state index contributed by atoms with van der Waals surface area (Å²) in [5.41, 5.74) is 6.38.